The first-order valence-corrected chi connectivity index (χ1v) is 12.1. The second-order valence-corrected chi connectivity index (χ2v) is 8.94. The molecule has 5 aromatic rings. The Morgan fingerprint density at radius 1 is 0.914 bits per heavy atom. The number of para-hydroxylation sites is 2. The summed E-state index contributed by atoms with van der Waals surface area (Å²) in [5, 5.41) is 3.92. The van der Waals surface area contributed by atoms with Crippen molar-refractivity contribution in [2.45, 2.75) is 12.1 Å². The summed E-state index contributed by atoms with van der Waals surface area (Å²) in [5.74, 6) is 0.361. The topological polar surface area (TPSA) is 76.9 Å². The quantitative estimate of drug-likeness (QED) is 0.258. The molecule has 0 saturated carbocycles. The lowest BCUT2D eigenvalue weighted by Gasteiger charge is -2.14. The molecule has 0 unspecified atom stereocenters. The molecule has 6 nitrogen and oxygen atoms in total. The van der Waals surface area contributed by atoms with Gasteiger partial charge in [-0.3, -0.25) is 9.59 Å². The number of benzene rings is 3. The zero-order valence-electron chi connectivity index (χ0n) is 19.0. The molecule has 0 spiro atoms. The highest BCUT2D eigenvalue weighted by Gasteiger charge is 2.16. The van der Waals surface area contributed by atoms with E-state index < -0.39 is 0 Å². The first kappa shape index (κ1) is 22.6. The van der Waals surface area contributed by atoms with Crippen LogP contribution >= 0.6 is 11.8 Å². The number of nitrogens with zero attached hydrogens (tertiary/aromatic N) is 3. The Morgan fingerprint density at radius 2 is 1.66 bits per heavy atom. The summed E-state index contributed by atoms with van der Waals surface area (Å²) in [6.07, 6.45) is 1.71. The van der Waals surface area contributed by atoms with Crippen LogP contribution in [0.15, 0.2) is 107 Å². The number of carbonyl (C=O) groups is 1. The fraction of sp³-hybridized carbons (Fsp3) is 0.0714. The van der Waals surface area contributed by atoms with Gasteiger partial charge in [-0.25, -0.2) is 14.5 Å². The summed E-state index contributed by atoms with van der Waals surface area (Å²) in [4.78, 5) is 35.4. The maximum absolute atomic E-state index is 13.3. The number of fused-ring (bicyclic) bond motifs is 1. The Hall–Kier alpha value is -4.23. The van der Waals surface area contributed by atoms with Crippen molar-refractivity contribution < 1.29 is 4.79 Å². The normalized spacial score (nSPS) is 10.9. The molecule has 1 N–H and O–H groups in total. The molecule has 172 valence electrons. The molecule has 0 radical (unpaired) electrons. The van der Waals surface area contributed by atoms with Crippen LogP contribution in [-0.2, 0) is 4.79 Å². The Morgan fingerprint density at radius 3 is 2.46 bits per heavy atom. The Kier molecular flexibility index (Phi) is 6.41. The maximum Gasteiger partial charge on any atom is 0.267 e. The van der Waals surface area contributed by atoms with E-state index >= 15 is 0 Å². The van der Waals surface area contributed by atoms with E-state index in [1.54, 1.807) is 24.4 Å². The fourth-order valence-corrected chi connectivity index (χ4v) is 4.58. The molecular weight excluding hydrogens is 456 g/mol. The Bertz CT molecular complexity index is 1560. The van der Waals surface area contributed by atoms with Gasteiger partial charge in [0, 0.05) is 17.4 Å². The van der Waals surface area contributed by atoms with Gasteiger partial charge in [0.25, 0.3) is 5.56 Å². The van der Waals surface area contributed by atoms with E-state index in [9.17, 15) is 9.59 Å². The van der Waals surface area contributed by atoms with Crippen LogP contribution in [-0.4, -0.2) is 26.2 Å². The minimum absolute atomic E-state index is 0.0831. The average Bonchev–Trinajstić information content (AvgIpc) is 2.89. The SMILES string of the molecule is Cc1ccc(-n2c(SCC(=O)Nc3ccccc3-c3ccccc3)nc3ccccc3c2=O)nc1. The molecule has 7 heteroatoms. The van der Waals surface area contributed by atoms with E-state index in [0.29, 0.717) is 21.9 Å². The molecule has 2 heterocycles. The number of pyridine rings is 1. The Balaban J connectivity index is 1.44. The molecule has 35 heavy (non-hydrogen) atoms. The molecule has 0 aliphatic heterocycles. The van der Waals surface area contributed by atoms with Gasteiger partial charge in [0.1, 0.15) is 5.82 Å². The average molecular weight is 479 g/mol. The van der Waals surface area contributed by atoms with Crippen LogP contribution in [0.3, 0.4) is 0 Å². The van der Waals surface area contributed by atoms with Gasteiger partial charge in [0.15, 0.2) is 5.16 Å². The molecule has 2 aromatic heterocycles. The number of anilines is 1. The number of thioether (sulfide) groups is 1. The zero-order valence-corrected chi connectivity index (χ0v) is 19.8. The number of carbonyl (C=O) groups excluding carboxylic acids is 1. The van der Waals surface area contributed by atoms with Crippen LogP contribution in [0.5, 0.6) is 0 Å². The molecule has 0 atom stereocenters. The van der Waals surface area contributed by atoms with E-state index in [1.165, 1.54) is 16.3 Å². The molecule has 0 fully saturated rings. The van der Waals surface area contributed by atoms with Crippen molar-refractivity contribution in [3.8, 4) is 16.9 Å². The molecule has 0 aliphatic carbocycles. The van der Waals surface area contributed by atoms with Gasteiger partial charge in [-0.2, -0.15) is 0 Å². The summed E-state index contributed by atoms with van der Waals surface area (Å²) < 4.78 is 1.47. The largest absolute Gasteiger partial charge is 0.325 e. The summed E-state index contributed by atoms with van der Waals surface area (Å²) >= 11 is 1.20. The first-order chi connectivity index (χ1) is 17.1. The number of hydrogen-bond acceptors (Lipinski definition) is 5. The van der Waals surface area contributed by atoms with Crippen molar-refractivity contribution >= 4 is 34.3 Å². The van der Waals surface area contributed by atoms with Crippen LogP contribution in [0.4, 0.5) is 5.69 Å². The molecule has 1 amide bonds. The van der Waals surface area contributed by atoms with Gasteiger partial charge in [-0.1, -0.05) is 78.5 Å². The van der Waals surface area contributed by atoms with Crippen LogP contribution < -0.4 is 10.9 Å². The number of rotatable bonds is 6. The lowest BCUT2D eigenvalue weighted by atomic mass is 10.0. The third kappa shape index (κ3) is 4.85. The number of hydrogen-bond donors (Lipinski definition) is 1. The summed E-state index contributed by atoms with van der Waals surface area (Å²) in [6.45, 7) is 1.94. The first-order valence-electron chi connectivity index (χ1n) is 11.1. The fourth-order valence-electron chi connectivity index (χ4n) is 3.78. The van der Waals surface area contributed by atoms with Crippen LogP contribution in [0, 0.1) is 6.92 Å². The number of amides is 1. The van der Waals surface area contributed by atoms with E-state index in [2.05, 4.69) is 15.3 Å². The van der Waals surface area contributed by atoms with Crippen molar-refractivity contribution in [1.82, 2.24) is 14.5 Å². The van der Waals surface area contributed by atoms with Gasteiger partial charge in [0.2, 0.25) is 5.91 Å². The predicted octanol–water partition coefficient (Wildman–Crippen LogP) is 5.49. The highest BCUT2D eigenvalue weighted by molar-refractivity contribution is 7.99. The van der Waals surface area contributed by atoms with Crippen molar-refractivity contribution in [1.29, 1.82) is 0 Å². The van der Waals surface area contributed by atoms with Gasteiger partial charge < -0.3 is 5.32 Å². The van der Waals surface area contributed by atoms with Gasteiger partial charge in [-0.05, 0) is 42.3 Å². The Labute approximate surface area is 206 Å². The van der Waals surface area contributed by atoms with Crippen LogP contribution in [0.25, 0.3) is 27.8 Å². The standard InChI is InChI=1S/C28H22N4O2S/c1-19-15-16-25(29-17-19)32-27(34)22-12-6-8-14-24(22)31-28(32)35-18-26(33)30-23-13-7-5-11-21(23)20-9-3-2-4-10-20/h2-17H,18H2,1H3,(H,30,33). The van der Waals surface area contributed by atoms with E-state index in [4.69, 9.17) is 0 Å². The highest BCUT2D eigenvalue weighted by Crippen LogP contribution is 2.28. The van der Waals surface area contributed by atoms with Crippen molar-refractivity contribution in [3.63, 3.8) is 0 Å². The van der Waals surface area contributed by atoms with E-state index in [0.717, 1.165) is 22.4 Å². The molecule has 3 aromatic carbocycles. The number of aromatic nitrogens is 3. The molecule has 0 aliphatic rings. The monoisotopic (exact) mass is 478 g/mol. The summed E-state index contributed by atoms with van der Waals surface area (Å²) in [7, 11) is 0. The highest BCUT2D eigenvalue weighted by atomic mass is 32.2. The van der Waals surface area contributed by atoms with Gasteiger partial charge >= 0.3 is 0 Å². The second kappa shape index (κ2) is 9.95. The summed E-state index contributed by atoms with van der Waals surface area (Å²) in [5.41, 5.74) is 4.04. The molecule has 0 bridgehead atoms. The third-order valence-electron chi connectivity index (χ3n) is 5.49. The van der Waals surface area contributed by atoms with Crippen molar-refractivity contribution in [2.24, 2.45) is 0 Å². The molecular formula is C28H22N4O2S. The smallest absolute Gasteiger partial charge is 0.267 e. The molecule has 5 rings (SSSR count). The maximum atomic E-state index is 13.3. The second-order valence-electron chi connectivity index (χ2n) is 7.99. The lowest BCUT2D eigenvalue weighted by molar-refractivity contribution is -0.113. The number of aryl methyl sites for hydroxylation is 1. The minimum atomic E-state index is -0.218. The third-order valence-corrected chi connectivity index (χ3v) is 6.43. The predicted molar refractivity (Wildman–Crippen MR) is 141 cm³/mol. The zero-order chi connectivity index (χ0) is 24.2. The molecule has 0 saturated heterocycles. The van der Waals surface area contributed by atoms with Crippen molar-refractivity contribution in [2.75, 3.05) is 11.1 Å². The summed E-state index contributed by atoms with van der Waals surface area (Å²) in [6, 6.07) is 28.5. The van der Waals surface area contributed by atoms with Gasteiger partial charge in [-0.15, -0.1) is 0 Å². The van der Waals surface area contributed by atoms with Crippen LogP contribution in [0.1, 0.15) is 5.56 Å². The minimum Gasteiger partial charge on any atom is -0.325 e. The van der Waals surface area contributed by atoms with Gasteiger partial charge in [0.05, 0.1) is 16.7 Å². The van der Waals surface area contributed by atoms with E-state index in [1.807, 2.05) is 79.7 Å². The van der Waals surface area contributed by atoms with E-state index in [-0.39, 0.29) is 17.2 Å². The van der Waals surface area contributed by atoms with Crippen molar-refractivity contribution in [3.05, 3.63) is 113 Å². The lowest BCUT2D eigenvalue weighted by Crippen LogP contribution is -2.23. The van der Waals surface area contributed by atoms with Crippen LogP contribution in [0.2, 0.25) is 0 Å². The number of nitrogens with one attached hydrogen (secondary N) is 1.